The van der Waals surface area contributed by atoms with Gasteiger partial charge < -0.3 is 29.1 Å². The molecule has 0 amide bonds. The maximum atomic E-state index is 10.9. The number of rotatable bonds is 8. The van der Waals surface area contributed by atoms with E-state index >= 15 is 0 Å². The zero-order chi connectivity index (χ0) is 19.0. The van der Waals surface area contributed by atoms with Crippen LogP contribution >= 0.6 is 19.2 Å². The first kappa shape index (κ1) is 19.1. The van der Waals surface area contributed by atoms with Crippen molar-refractivity contribution in [2.45, 2.75) is 38.0 Å². The van der Waals surface area contributed by atoms with E-state index < -0.39 is 13.9 Å². The summed E-state index contributed by atoms with van der Waals surface area (Å²) in [7, 11) is -4.16. The molecule has 0 radical (unpaired) electrons. The fraction of sp³-hybridized carbons (Fsp3) is 0.625. The van der Waals surface area contributed by atoms with Gasteiger partial charge in [-0.2, -0.15) is 4.98 Å². The van der Waals surface area contributed by atoms with Gasteiger partial charge in [-0.1, -0.05) is 0 Å². The molecule has 0 spiro atoms. The van der Waals surface area contributed by atoms with Crippen molar-refractivity contribution < 1.29 is 23.8 Å². The third-order valence-electron chi connectivity index (χ3n) is 4.76. The van der Waals surface area contributed by atoms with Crippen molar-refractivity contribution >= 4 is 36.0 Å². The van der Waals surface area contributed by atoms with E-state index in [0.29, 0.717) is 11.6 Å². The number of halogens is 1. The Balaban J connectivity index is 1.45. The number of ether oxygens (including phenoxy) is 2. The second kappa shape index (κ2) is 7.66. The number of nitrogens with zero attached hydrogens (tertiary/aromatic N) is 3. The molecule has 0 bridgehead atoms. The first-order valence-electron chi connectivity index (χ1n) is 8.95. The zero-order valence-electron chi connectivity index (χ0n) is 14.6. The summed E-state index contributed by atoms with van der Waals surface area (Å²) in [5.41, 5.74) is 0.704. The molecular weight excluding hydrogens is 395 g/mol. The molecule has 2 atom stereocenters. The molecule has 0 aromatic carbocycles. The molecule has 27 heavy (non-hydrogen) atoms. The predicted molar refractivity (Wildman–Crippen MR) is 99.8 cm³/mol. The van der Waals surface area contributed by atoms with Crippen LogP contribution < -0.4 is 5.32 Å². The Morgan fingerprint density at radius 2 is 2.15 bits per heavy atom. The number of nitrogens with one attached hydrogen (secondary N) is 1. The van der Waals surface area contributed by atoms with Crippen molar-refractivity contribution in [2.75, 3.05) is 24.8 Å². The summed E-state index contributed by atoms with van der Waals surface area (Å²) < 4.78 is 23.8. The van der Waals surface area contributed by atoms with Crippen LogP contribution in [0.5, 0.6) is 0 Å². The van der Waals surface area contributed by atoms with Gasteiger partial charge in [0.25, 0.3) is 0 Å². The van der Waals surface area contributed by atoms with Crippen molar-refractivity contribution in [3.05, 3.63) is 17.5 Å². The lowest BCUT2D eigenvalue weighted by Crippen LogP contribution is -2.17. The Kier molecular flexibility index (Phi) is 5.42. The van der Waals surface area contributed by atoms with Crippen molar-refractivity contribution in [1.82, 2.24) is 14.5 Å². The van der Waals surface area contributed by atoms with Crippen LogP contribution in [0.4, 0.5) is 5.82 Å². The first-order valence-corrected chi connectivity index (χ1v) is 11.1. The summed E-state index contributed by atoms with van der Waals surface area (Å²) in [4.78, 5) is 26.4. The predicted octanol–water partition coefficient (Wildman–Crippen LogP) is 2.74. The fourth-order valence-corrected chi connectivity index (χ4v) is 3.76. The van der Waals surface area contributed by atoms with E-state index in [1.54, 1.807) is 0 Å². The van der Waals surface area contributed by atoms with E-state index in [1.807, 2.05) is 16.8 Å². The molecule has 11 heteroatoms. The third-order valence-corrected chi connectivity index (χ3v) is 5.45. The summed E-state index contributed by atoms with van der Waals surface area (Å²) >= 11 is 6.12. The number of hydrogen-bond donors (Lipinski definition) is 3. The van der Waals surface area contributed by atoms with Crippen LogP contribution in [0.3, 0.4) is 0 Å². The van der Waals surface area contributed by atoms with Crippen LogP contribution in [0, 0.1) is 5.92 Å². The number of fused-ring (bicyclic) bond motifs is 1. The van der Waals surface area contributed by atoms with Crippen LogP contribution in [0.2, 0.25) is 5.28 Å². The maximum absolute atomic E-state index is 10.9. The molecule has 0 unspecified atom stereocenters. The van der Waals surface area contributed by atoms with Gasteiger partial charge in [0.1, 0.15) is 24.0 Å². The van der Waals surface area contributed by atoms with Crippen molar-refractivity contribution in [1.29, 1.82) is 0 Å². The molecule has 4 rings (SSSR count). The summed E-state index contributed by atoms with van der Waals surface area (Å²) in [6, 6.07) is 1.95. The van der Waals surface area contributed by atoms with E-state index in [9.17, 15) is 4.57 Å². The smallest absolute Gasteiger partial charge is 0.350 e. The molecule has 3 heterocycles. The quantitative estimate of drug-likeness (QED) is 0.444. The summed E-state index contributed by atoms with van der Waals surface area (Å²) in [6.45, 7) is 1.03. The number of hydrogen-bond acceptors (Lipinski definition) is 6. The van der Waals surface area contributed by atoms with Crippen LogP contribution in [0.1, 0.15) is 31.9 Å². The highest BCUT2D eigenvalue weighted by Gasteiger charge is 2.29. The molecule has 9 nitrogen and oxygen atoms in total. The third kappa shape index (κ3) is 4.80. The largest absolute Gasteiger partial charge is 0.369 e. The highest BCUT2D eigenvalue weighted by atomic mass is 35.5. The Labute approximate surface area is 161 Å². The molecule has 148 valence electrons. The Bertz CT molecular complexity index is 868. The topological polar surface area (TPSA) is 119 Å². The molecule has 1 aliphatic heterocycles. The molecule has 2 fully saturated rings. The SMILES string of the molecule is O=P(O)(O)COC[C@@H]1CC[C@H](n2ccc3c(NCC4CC4)nc(Cl)nc32)O1. The van der Waals surface area contributed by atoms with Crippen LogP contribution in [0.15, 0.2) is 12.3 Å². The summed E-state index contributed by atoms with van der Waals surface area (Å²) in [5, 5.41) is 4.44. The van der Waals surface area contributed by atoms with Gasteiger partial charge in [0.15, 0.2) is 0 Å². The first-order chi connectivity index (χ1) is 12.9. The summed E-state index contributed by atoms with van der Waals surface area (Å²) in [6.07, 6.45) is 4.84. The standard InChI is InChI=1S/C16H22ClN4O5P/c17-16-19-14(18-7-10-1-2-10)12-5-6-21(15(12)20-16)13-4-3-11(26-13)8-25-9-27(22,23)24/h5-6,10-11,13H,1-4,7-9H2,(H,18,19,20)(H2,22,23,24)/t11-,13+/m0/s1. The molecule has 2 aliphatic rings. The Morgan fingerprint density at radius 3 is 2.89 bits per heavy atom. The molecular formula is C16H22ClN4O5P. The fourth-order valence-electron chi connectivity index (χ4n) is 3.25. The van der Waals surface area contributed by atoms with Gasteiger partial charge in [0.05, 0.1) is 18.1 Å². The Hall–Kier alpha value is -1.22. The Morgan fingerprint density at radius 1 is 1.33 bits per heavy atom. The average Bonchev–Trinajstić information content (AvgIpc) is 3.14. The molecule has 1 saturated heterocycles. The van der Waals surface area contributed by atoms with Crippen molar-refractivity contribution in [2.24, 2.45) is 5.92 Å². The molecule has 2 aromatic rings. The second-order valence-corrected chi connectivity index (χ2v) is 9.01. The lowest BCUT2D eigenvalue weighted by molar-refractivity contribution is -0.0342. The monoisotopic (exact) mass is 416 g/mol. The van der Waals surface area contributed by atoms with E-state index in [4.69, 9.17) is 30.9 Å². The van der Waals surface area contributed by atoms with Gasteiger partial charge in [-0.3, -0.25) is 4.57 Å². The van der Waals surface area contributed by atoms with Gasteiger partial charge >= 0.3 is 7.60 Å². The lowest BCUT2D eigenvalue weighted by Gasteiger charge is -2.16. The molecule has 3 N–H and O–H groups in total. The minimum atomic E-state index is -4.16. The van der Waals surface area contributed by atoms with Gasteiger partial charge in [-0.15, -0.1) is 0 Å². The van der Waals surface area contributed by atoms with E-state index in [0.717, 1.165) is 30.6 Å². The van der Waals surface area contributed by atoms with Crippen LogP contribution in [-0.2, 0) is 14.0 Å². The zero-order valence-corrected chi connectivity index (χ0v) is 16.3. The van der Waals surface area contributed by atoms with E-state index in [-0.39, 0.29) is 24.2 Å². The molecule has 1 saturated carbocycles. The normalized spacial score (nSPS) is 23.2. The highest BCUT2D eigenvalue weighted by molar-refractivity contribution is 7.51. The van der Waals surface area contributed by atoms with Gasteiger partial charge in [-0.05, 0) is 49.3 Å². The highest BCUT2D eigenvalue weighted by Crippen LogP contribution is 2.36. The van der Waals surface area contributed by atoms with Gasteiger partial charge in [-0.25, -0.2) is 4.98 Å². The van der Waals surface area contributed by atoms with E-state index in [1.165, 1.54) is 12.8 Å². The van der Waals surface area contributed by atoms with Crippen molar-refractivity contribution in [3.8, 4) is 0 Å². The minimum Gasteiger partial charge on any atom is -0.369 e. The van der Waals surface area contributed by atoms with Gasteiger partial charge in [0.2, 0.25) is 5.28 Å². The molecule has 1 aliphatic carbocycles. The van der Waals surface area contributed by atoms with Crippen LogP contribution in [-0.4, -0.2) is 49.9 Å². The summed E-state index contributed by atoms with van der Waals surface area (Å²) in [5.74, 6) is 1.44. The average molecular weight is 417 g/mol. The number of anilines is 1. The lowest BCUT2D eigenvalue weighted by atomic mass is 10.2. The van der Waals surface area contributed by atoms with E-state index in [2.05, 4.69) is 15.3 Å². The number of aromatic nitrogens is 3. The second-order valence-electron chi connectivity index (χ2n) is 7.08. The van der Waals surface area contributed by atoms with Crippen molar-refractivity contribution in [3.63, 3.8) is 0 Å². The minimum absolute atomic E-state index is 0.144. The molecule has 2 aromatic heterocycles. The van der Waals surface area contributed by atoms with Gasteiger partial charge in [0, 0.05) is 12.7 Å². The van der Waals surface area contributed by atoms with Crippen LogP contribution in [0.25, 0.3) is 11.0 Å². The maximum Gasteiger partial charge on any atom is 0.350 e.